The Morgan fingerprint density at radius 3 is 2.72 bits per heavy atom. The number of hydrogen-bond donors (Lipinski definition) is 0. The average Bonchev–Trinajstić information content (AvgIpc) is 2.64. The van der Waals surface area contributed by atoms with Crippen molar-refractivity contribution in [3.63, 3.8) is 0 Å². The number of allylic oxidation sites excluding steroid dienone is 2. The van der Waals surface area contributed by atoms with Gasteiger partial charge in [0.15, 0.2) is 11.6 Å². The second-order valence-electron chi connectivity index (χ2n) is 7.73. The maximum absolute atomic E-state index is 14.3. The molecule has 1 unspecified atom stereocenters. The Balaban J connectivity index is 1.61. The van der Waals surface area contributed by atoms with E-state index in [2.05, 4.69) is 31.7 Å². The van der Waals surface area contributed by atoms with Crippen LogP contribution in [0.5, 0.6) is 5.75 Å². The van der Waals surface area contributed by atoms with E-state index in [1.165, 1.54) is 38.5 Å². The van der Waals surface area contributed by atoms with Crippen LogP contribution in [0.2, 0.25) is 0 Å². The summed E-state index contributed by atoms with van der Waals surface area (Å²) in [6.45, 7) is 6.16. The molecule has 2 aliphatic carbocycles. The molecule has 0 amide bonds. The molecule has 2 saturated carbocycles. The highest BCUT2D eigenvalue weighted by Gasteiger charge is 2.35. The highest BCUT2D eigenvalue weighted by Crippen LogP contribution is 2.48. The predicted molar refractivity (Wildman–Crippen MR) is 102 cm³/mol. The van der Waals surface area contributed by atoms with Crippen molar-refractivity contribution in [1.82, 2.24) is 0 Å². The van der Waals surface area contributed by atoms with Crippen LogP contribution < -0.4 is 4.74 Å². The summed E-state index contributed by atoms with van der Waals surface area (Å²) < 4.78 is 19.6. The van der Waals surface area contributed by atoms with E-state index in [0.717, 1.165) is 29.7 Å². The van der Waals surface area contributed by atoms with Crippen LogP contribution in [0, 0.1) is 23.6 Å². The number of halogens is 1. The highest BCUT2D eigenvalue weighted by atomic mass is 19.1. The molecule has 2 heteroatoms. The first kappa shape index (κ1) is 18.2. The van der Waals surface area contributed by atoms with Crippen molar-refractivity contribution in [2.75, 3.05) is 6.61 Å². The fourth-order valence-corrected chi connectivity index (χ4v) is 4.77. The van der Waals surface area contributed by atoms with Crippen LogP contribution in [0.1, 0.15) is 63.4 Å². The van der Waals surface area contributed by atoms with E-state index in [1.807, 2.05) is 0 Å². The Kier molecular flexibility index (Phi) is 6.34. The molecule has 0 heterocycles. The van der Waals surface area contributed by atoms with Gasteiger partial charge in [0, 0.05) is 0 Å². The molecule has 136 valence electrons. The average molecular weight is 342 g/mol. The molecular formula is C23H31FO. The van der Waals surface area contributed by atoms with Gasteiger partial charge in [0.25, 0.3) is 0 Å². The lowest BCUT2D eigenvalue weighted by molar-refractivity contribution is 0.133. The van der Waals surface area contributed by atoms with E-state index in [4.69, 9.17) is 4.74 Å². The van der Waals surface area contributed by atoms with Crippen molar-refractivity contribution in [2.45, 2.75) is 57.8 Å². The normalized spacial score (nSPS) is 29.4. The van der Waals surface area contributed by atoms with Gasteiger partial charge in [-0.2, -0.15) is 0 Å². The smallest absolute Gasteiger partial charge is 0.165 e. The minimum atomic E-state index is -0.241. The van der Waals surface area contributed by atoms with Gasteiger partial charge in [0.2, 0.25) is 0 Å². The van der Waals surface area contributed by atoms with E-state index in [-0.39, 0.29) is 5.82 Å². The van der Waals surface area contributed by atoms with Crippen molar-refractivity contribution in [1.29, 1.82) is 0 Å². The molecule has 0 aliphatic heterocycles. The minimum Gasteiger partial charge on any atom is -0.486 e. The van der Waals surface area contributed by atoms with Crippen LogP contribution in [0.3, 0.4) is 0 Å². The lowest BCUT2D eigenvalue weighted by atomic mass is 9.64. The third-order valence-corrected chi connectivity index (χ3v) is 6.08. The number of hydrogen-bond acceptors (Lipinski definition) is 1. The summed E-state index contributed by atoms with van der Waals surface area (Å²) in [5, 5.41) is 0. The van der Waals surface area contributed by atoms with Crippen molar-refractivity contribution >= 4 is 0 Å². The molecule has 3 rings (SSSR count). The molecule has 1 aromatic carbocycles. The van der Waals surface area contributed by atoms with Gasteiger partial charge in [-0.3, -0.25) is 0 Å². The standard InChI is InChI=1S/C23H31FO/c1-3-5-6-17-7-8-19-15-20(10-9-18(19)14-17)21-11-12-23(22(24)16-21)25-13-4-2/h4-6,11-12,16-20H,2-3,7-10,13-15H2,1H3/t17-,18-,19-,20?/m1/s1. The minimum absolute atomic E-state index is 0.241. The molecule has 4 atom stereocenters. The van der Waals surface area contributed by atoms with Crippen LogP contribution in [-0.4, -0.2) is 6.61 Å². The third-order valence-electron chi connectivity index (χ3n) is 6.08. The van der Waals surface area contributed by atoms with Crippen molar-refractivity contribution < 1.29 is 9.13 Å². The molecule has 0 aromatic heterocycles. The Morgan fingerprint density at radius 2 is 1.96 bits per heavy atom. The SMILES string of the molecule is C=CCOc1ccc(C2CC[C@@H]3C[C@H](C=CCC)CC[C@@H]3C2)cc1F. The largest absolute Gasteiger partial charge is 0.486 e. The maximum atomic E-state index is 14.3. The number of fused-ring (bicyclic) bond motifs is 1. The summed E-state index contributed by atoms with van der Waals surface area (Å²) in [6.07, 6.45) is 15.3. The van der Waals surface area contributed by atoms with Crippen molar-refractivity contribution in [2.24, 2.45) is 17.8 Å². The summed E-state index contributed by atoms with van der Waals surface area (Å²) in [7, 11) is 0. The van der Waals surface area contributed by atoms with E-state index in [0.29, 0.717) is 18.3 Å². The Bertz CT molecular complexity index is 606. The summed E-state index contributed by atoms with van der Waals surface area (Å²) in [4.78, 5) is 0. The van der Waals surface area contributed by atoms with Gasteiger partial charge in [-0.1, -0.05) is 37.8 Å². The Hall–Kier alpha value is -1.57. The van der Waals surface area contributed by atoms with Gasteiger partial charge in [-0.05, 0) is 86.3 Å². The first-order valence-electron chi connectivity index (χ1n) is 9.91. The predicted octanol–water partition coefficient (Wildman–Crippen LogP) is 6.66. The maximum Gasteiger partial charge on any atom is 0.165 e. The molecule has 0 spiro atoms. The lowest BCUT2D eigenvalue weighted by Gasteiger charge is -2.41. The molecule has 1 aromatic rings. The van der Waals surface area contributed by atoms with E-state index in [1.54, 1.807) is 18.2 Å². The van der Waals surface area contributed by atoms with Gasteiger partial charge in [-0.25, -0.2) is 4.39 Å². The van der Waals surface area contributed by atoms with E-state index >= 15 is 0 Å². The monoisotopic (exact) mass is 342 g/mol. The first-order chi connectivity index (χ1) is 12.2. The Morgan fingerprint density at radius 1 is 1.16 bits per heavy atom. The number of benzene rings is 1. The quantitative estimate of drug-likeness (QED) is 0.525. The van der Waals surface area contributed by atoms with Gasteiger partial charge >= 0.3 is 0 Å². The van der Waals surface area contributed by atoms with Gasteiger partial charge < -0.3 is 4.74 Å². The summed E-state index contributed by atoms with van der Waals surface area (Å²) in [5.41, 5.74) is 1.15. The molecule has 1 nitrogen and oxygen atoms in total. The molecule has 0 bridgehead atoms. The zero-order chi connectivity index (χ0) is 17.6. The summed E-state index contributed by atoms with van der Waals surface area (Å²) in [6, 6.07) is 5.54. The van der Waals surface area contributed by atoms with Gasteiger partial charge in [0.1, 0.15) is 6.61 Å². The van der Waals surface area contributed by atoms with Crippen LogP contribution >= 0.6 is 0 Å². The lowest BCUT2D eigenvalue weighted by Crippen LogP contribution is -2.30. The number of rotatable bonds is 6. The summed E-state index contributed by atoms with van der Waals surface area (Å²) in [5.74, 6) is 3.08. The Labute approximate surface area is 152 Å². The van der Waals surface area contributed by atoms with Crippen molar-refractivity contribution in [3.8, 4) is 5.75 Å². The molecule has 2 aliphatic rings. The zero-order valence-corrected chi connectivity index (χ0v) is 15.4. The van der Waals surface area contributed by atoms with Crippen LogP contribution in [0.15, 0.2) is 43.0 Å². The van der Waals surface area contributed by atoms with Crippen LogP contribution in [0.4, 0.5) is 4.39 Å². The van der Waals surface area contributed by atoms with Crippen LogP contribution in [-0.2, 0) is 0 Å². The molecule has 2 fully saturated rings. The topological polar surface area (TPSA) is 9.23 Å². The van der Waals surface area contributed by atoms with E-state index in [9.17, 15) is 4.39 Å². The second-order valence-corrected chi connectivity index (χ2v) is 7.73. The fraction of sp³-hybridized carbons (Fsp3) is 0.565. The van der Waals surface area contributed by atoms with E-state index < -0.39 is 0 Å². The van der Waals surface area contributed by atoms with Crippen molar-refractivity contribution in [3.05, 3.63) is 54.4 Å². The molecule has 0 radical (unpaired) electrons. The molecule has 0 N–H and O–H groups in total. The van der Waals surface area contributed by atoms with Gasteiger partial charge in [-0.15, -0.1) is 0 Å². The fourth-order valence-electron chi connectivity index (χ4n) is 4.77. The molecule has 25 heavy (non-hydrogen) atoms. The highest BCUT2D eigenvalue weighted by molar-refractivity contribution is 5.32. The third kappa shape index (κ3) is 4.54. The zero-order valence-electron chi connectivity index (χ0n) is 15.4. The van der Waals surface area contributed by atoms with Gasteiger partial charge in [0.05, 0.1) is 0 Å². The second kappa shape index (κ2) is 8.69. The molecule has 0 saturated heterocycles. The first-order valence-corrected chi connectivity index (χ1v) is 9.91. The molecular weight excluding hydrogens is 311 g/mol. The number of ether oxygens (including phenoxy) is 1. The summed E-state index contributed by atoms with van der Waals surface area (Å²) >= 11 is 0. The van der Waals surface area contributed by atoms with Crippen LogP contribution in [0.25, 0.3) is 0 Å².